The second-order valence-electron chi connectivity index (χ2n) is 4.83. The van der Waals surface area contributed by atoms with Crippen LogP contribution in [-0.4, -0.2) is 11.9 Å². The topological polar surface area (TPSA) is 55.1 Å². The van der Waals surface area contributed by atoms with E-state index in [2.05, 4.69) is 12.2 Å². The number of fused-ring (bicyclic) bond motifs is 1. The summed E-state index contributed by atoms with van der Waals surface area (Å²) in [5.74, 6) is -0.584. The lowest BCUT2D eigenvalue weighted by Gasteiger charge is -2.15. The maximum atomic E-state index is 13.8. The highest BCUT2D eigenvalue weighted by molar-refractivity contribution is 7.21. The summed E-state index contributed by atoms with van der Waals surface area (Å²) >= 11 is 1.24. The maximum absolute atomic E-state index is 13.8. The van der Waals surface area contributed by atoms with Crippen LogP contribution >= 0.6 is 11.3 Å². The van der Waals surface area contributed by atoms with Crippen LogP contribution in [0.1, 0.15) is 42.8 Å². The SMILES string of the molecule is CCCC(CC)NC(=O)c1sc2cccc(F)c2c1N. The Morgan fingerprint density at radius 1 is 1.45 bits per heavy atom. The summed E-state index contributed by atoms with van der Waals surface area (Å²) in [5, 5.41) is 3.33. The number of thiophene rings is 1. The van der Waals surface area contributed by atoms with Crippen molar-refractivity contribution < 1.29 is 9.18 Å². The fraction of sp³-hybridized carbons (Fsp3) is 0.400. The number of nitrogens with two attached hydrogens (primary N) is 1. The average Bonchev–Trinajstić information content (AvgIpc) is 2.77. The van der Waals surface area contributed by atoms with Crippen LogP contribution < -0.4 is 11.1 Å². The molecular weight excluding hydrogens is 275 g/mol. The van der Waals surface area contributed by atoms with Gasteiger partial charge < -0.3 is 11.1 Å². The largest absolute Gasteiger partial charge is 0.397 e. The summed E-state index contributed by atoms with van der Waals surface area (Å²) in [5.41, 5.74) is 6.18. The molecule has 0 spiro atoms. The van der Waals surface area contributed by atoms with Gasteiger partial charge in [0, 0.05) is 10.7 Å². The average molecular weight is 294 g/mol. The molecule has 1 unspecified atom stereocenters. The molecule has 20 heavy (non-hydrogen) atoms. The fourth-order valence-corrected chi connectivity index (χ4v) is 3.32. The number of hydrogen-bond donors (Lipinski definition) is 2. The van der Waals surface area contributed by atoms with Gasteiger partial charge in [0.2, 0.25) is 0 Å². The van der Waals surface area contributed by atoms with Gasteiger partial charge in [-0.2, -0.15) is 0 Å². The number of nitrogens with one attached hydrogen (secondary N) is 1. The number of hydrogen-bond acceptors (Lipinski definition) is 3. The van der Waals surface area contributed by atoms with Gasteiger partial charge in [-0.3, -0.25) is 4.79 Å². The van der Waals surface area contributed by atoms with Gasteiger partial charge in [-0.25, -0.2) is 4.39 Å². The highest BCUT2D eigenvalue weighted by Crippen LogP contribution is 2.35. The molecule has 1 amide bonds. The third-order valence-corrected chi connectivity index (χ3v) is 4.54. The van der Waals surface area contributed by atoms with Crippen molar-refractivity contribution in [1.82, 2.24) is 5.32 Å². The van der Waals surface area contributed by atoms with Crippen LogP contribution in [0, 0.1) is 5.82 Å². The van der Waals surface area contributed by atoms with Crippen LogP contribution in [-0.2, 0) is 0 Å². The van der Waals surface area contributed by atoms with Gasteiger partial charge in [0.25, 0.3) is 5.91 Å². The van der Waals surface area contributed by atoms with Gasteiger partial charge in [-0.1, -0.05) is 26.3 Å². The molecule has 0 aliphatic heterocycles. The molecule has 0 aliphatic carbocycles. The molecule has 0 saturated carbocycles. The van der Waals surface area contributed by atoms with Crippen molar-refractivity contribution in [3.63, 3.8) is 0 Å². The first-order valence-electron chi connectivity index (χ1n) is 6.85. The van der Waals surface area contributed by atoms with Crippen LogP contribution in [0.4, 0.5) is 10.1 Å². The molecule has 108 valence electrons. The first-order chi connectivity index (χ1) is 9.58. The zero-order valence-corrected chi connectivity index (χ0v) is 12.5. The number of halogens is 1. The van der Waals surface area contributed by atoms with E-state index in [9.17, 15) is 9.18 Å². The van der Waals surface area contributed by atoms with Gasteiger partial charge in [0.15, 0.2) is 0 Å². The number of carbonyl (C=O) groups excluding carboxylic acids is 1. The molecule has 3 N–H and O–H groups in total. The van der Waals surface area contributed by atoms with Crippen LogP contribution in [0.15, 0.2) is 18.2 Å². The zero-order chi connectivity index (χ0) is 14.7. The van der Waals surface area contributed by atoms with Crippen LogP contribution in [0.2, 0.25) is 0 Å². The Balaban J connectivity index is 2.31. The van der Waals surface area contributed by atoms with E-state index < -0.39 is 0 Å². The van der Waals surface area contributed by atoms with Crippen molar-refractivity contribution in [3.05, 3.63) is 28.9 Å². The molecule has 0 saturated heterocycles. The molecule has 0 aliphatic rings. The Labute approximate surface area is 122 Å². The minimum absolute atomic E-state index is 0.141. The fourth-order valence-electron chi connectivity index (χ4n) is 2.28. The molecule has 0 radical (unpaired) electrons. The van der Waals surface area contributed by atoms with Gasteiger partial charge in [0.05, 0.1) is 11.1 Å². The predicted octanol–water partition coefficient (Wildman–Crippen LogP) is 3.93. The van der Waals surface area contributed by atoms with Gasteiger partial charge in [-0.05, 0) is 25.0 Å². The highest BCUT2D eigenvalue weighted by Gasteiger charge is 2.20. The summed E-state index contributed by atoms with van der Waals surface area (Å²) in [6.45, 7) is 4.12. The zero-order valence-electron chi connectivity index (χ0n) is 11.7. The molecule has 0 bridgehead atoms. The molecule has 2 rings (SSSR count). The number of carbonyl (C=O) groups is 1. The second kappa shape index (κ2) is 6.22. The number of rotatable bonds is 5. The lowest BCUT2D eigenvalue weighted by Crippen LogP contribution is -2.34. The van der Waals surface area contributed by atoms with Crippen molar-refractivity contribution in [1.29, 1.82) is 0 Å². The second-order valence-corrected chi connectivity index (χ2v) is 5.88. The van der Waals surface area contributed by atoms with E-state index in [-0.39, 0.29) is 23.5 Å². The van der Waals surface area contributed by atoms with Crippen LogP contribution in [0.3, 0.4) is 0 Å². The predicted molar refractivity (Wildman–Crippen MR) is 82.6 cm³/mol. The molecule has 1 aromatic heterocycles. The van der Waals surface area contributed by atoms with Crippen molar-refractivity contribution in [2.45, 2.75) is 39.2 Å². The third kappa shape index (κ3) is 2.77. The van der Waals surface area contributed by atoms with Gasteiger partial charge in [0.1, 0.15) is 10.7 Å². The summed E-state index contributed by atoms with van der Waals surface area (Å²) in [6.07, 6.45) is 2.81. The van der Waals surface area contributed by atoms with E-state index >= 15 is 0 Å². The Morgan fingerprint density at radius 2 is 2.20 bits per heavy atom. The quantitative estimate of drug-likeness (QED) is 0.877. The summed E-state index contributed by atoms with van der Waals surface area (Å²) in [4.78, 5) is 12.7. The van der Waals surface area contributed by atoms with Crippen molar-refractivity contribution in [2.24, 2.45) is 0 Å². The van der Waals surface area contributed by atoms with E-state index in [0.29, 0.717) is 15.0 Å². The number of nitrogen functional groups attached to an aromatic ring is 1. The lowest BCUT2D eigenvalue weighted by molar-refractivity contribution is 0.0938. The minimum Gasteiger partial charge on any atom is -0.397 e. The van der Waals surface area contributed by atoms with E-state index in [0.717, 1.165) is 19.3 Å². The number of amides is 1. The molecule has 1 heterocycles. The van der Waals surface area contributed by atoms with Crippen molar-refractivity contribution in [2.75, 3.05) is 5.73 Å². The molecule has 2 aromatic rings. The van der Waals surface area contributed by atoms with Crippen molar-refractivity contribution in [3.8, 4) is 0 Å². The molecule has 0 fully saturated rings. The summed E-state index contributed by atoms with van der Waals surface area (Å²) in [6, 6.07) is 4.90. The molecular formula is C15H19FN2OS. The van der Waals surface area contributed by atoms with Gasteiger partial charge in [-0.15, -0.1) is 11.3 Å². The van der Waals surface area contributed by atoms with E-state index in [4.69, 9.17) is 5.73 Å². The first kappa shape index (κ1) is 14.8. The Kier molecular flexibility index (Phi) is 4.60. The van der Waals surface area contributed by atoms with Crippen molar-refractivity contribution >= 4 is 33.0 Å². The van der Waals surface area contributed by atoms with E-state index in [1.807, 2.05) is 6.92 Å². The maximum Gasteiger partial charge on any atom is 0.263 e. The molecule has 5 heteroatoms. The Hall–Kier alpha value is -1.62. The van der Waals surface area contributed by atoms with Crippen LogP contribution in [0.25, 0.3) is 10.1 Å². The smallest absolute Gasteiger partial charge is 0.263 e. The number of anilines is 1. The first-order valence-corrected chi connectivity index (χ1v) is 7.67. The Morgan fingerprint density at radius 3 is 2.80 bits per heavy atom. The normalized spacial score (nSPS) is 12.6. The molecule has 1 atom stereocenters. The Bertz CT molecular complexity index is 624. The standard InChI is InChI=1S/C15H19FN2OS/c1-3-6-9(4-2)18-15(19)14-13(17)12-10(16)7-5-8-11(12)20-14/h5,7-9H,3-4,6,17H2,1-2H3,(H,18,19). The molecule has 1 aromatic carbocycles. The summed E-state index contributed by atoms with van der Waals surface area (Å²) < 4.78 is 14.5. The monoisotopic (exact) mass is 294 g/mol. The lowest BCUT2D eigenvalue weighted by atomic mass is 10.1. The third-order valence-electron chi connectivity index (χ3n) is 3.37. The van der Waals surface area contributed by atoms with Crippen LogP contribution in [0.5, 0.6) is 0 Å². The van der Waals surface area contributed by atoms with E-state index in [1.54, 1.807) is 12.1 Å². The highest BCUT2D eigenvalue weighted by atomic mass is 32.1. The van der Waals surface area contributed by atoms with Gasteiger partial charge >= 0.3 is 0 Å². The summed E-state index contributed by atoms with van der Waals surface area (Å²) in [7, 11) is 0. The van der Waals surface area contributed by atoms with E-state index in [1.165, 1.54) is 17.4 Å². The minimum atomic E-state index is -0.379. The number of benzene rings is 1. The molecule has 3 nitrogen and oxygen atoms in total.